The maximum Gasteiger partial charge on any atom is 2.00 e. The van der Waals surface area contributed by atoms with Gasteiger partial charge in [0.05, 0.1) is 11.4 Å². The zero-order valence-corrected chi connectivity index (χ0v) is 18.8. The Morgan fingerprint density at radius 1 is 0.781 bits per heavy atom. The van der Waals surface area contributed by atoms with E-state index < -0.39 is 0 Å². The van der Waals surface area contributed by atoms with Crippen molar-refractivity contribution in [1.29, 1.82) is 0 Å². The second kappa shape index (κ2) is 12.2. The molecule has 2 saturated carbocycles. The van der Waals surface area contributed by atoms with E-state index in [4.69, 9.17) is 11.6 Å². The van der Waals surface area contributed by atoms with E-state index in [1.807, 2.05) is 93.5 Å². The van der Waals surface area contributed by atoms with E-state index in [9.17, 15) is 4.79 Å². The standard InChI is InChI=1S/C21H15ClN3O.C5H5.Fe/c22-15-5-10-18-19(11-12-23-20(18)13-15)24-16-6-8-17(9-7-16)25-21(26)14-3-1-2-4-14;1-2-4-5-3-1;/h1-13H,(H,23,24)(H,25,26);1-5H;/q;;+2. The molecule has 158 valence electrons. The first-order chi connectivity index (χ1) is 15.2. The van der Waals surface area contributed by atoms with Crippen LogP contribution in [0.15, 0.2) is 54.7 Å². The summed E-state index contributed by atoms with van der Waals surface area (Å²) in [7, 11) is 0. The molecule has 0 unspecified atom stereocenters. The summed E-state index contributed by atoms with van der Waals surface area (Å²) < 4.78 is 0. The number of nitrogens with one attached hydrogen (secondary N) is 2. The van der Waals surface area contributed by atoms with Crippen LogP contribution in [0, 0.1) is 63.7 Å². The van der Waals surface area contributed by atoms with Gasteiger partial charge in [0.25, 0.3) is 0 Å². The molecule has 2 aliphatic carbocycles. The van der Waals surface area contributed by atoms with Gasteiger partial charge in [-0.1, -0.05) is 11.6 Å². The Hall–Kier alpha value is -2.07. The molecule has 0 atom stereocenters. The number of anilines is 3. The summed E-state index contributed by atoms with van der Waals surface area (Å²) in [5.74, 6) is 0.529. The van der Waals surface area contributed by atoms with Gasteiger partial charge >= 0.3 is 17.1 Å². The van der Waals surface area contributed by atoms with Crippen molar-refractivity contribution in [3.63, 3.8) is 0 Å². The largest absolute Gasteiger partial charge is 2.00 e. The zero-order chi connectivity index (χ0) is 21.5. The monoisotopic (exact) mass is 481 g/mol. The van der Waals surface area contributed by atoms with Gasteiger partial charge in [0, 0.05) is 33.7 Å². The molecule has 32 heavy (non-hydrogen) atoms. The van der Waals surface area contributed by atoms with E-state index >= 15 is 0 Å². The van der Waals surface area contributed by atoms with Crippen LogP contribution in [0.2, 0.25) is 5.02 Å². The Morgan fingerprint density at radius 3 is 2.06 bits per heavy atom. The molecule has 0 saturated heterocycles. The molecule has 0 aliphatic heterocycles. The Bertz CT molecular complexity index is 1010. The number of carbonyl (C=O) groups excluding carboxylic acids is 1. The van der Waals surface area contributed by atoms with Crippen molar-refractivity contribution < 1.29 is 21.9 Å². The SMILES string of the molecule is O=C(Nc1ccc(Nc2ccnc3cc(Cl)ccc23)cc1)[C]1[CH][CH][CH][CH]1.[CH]1[CH][CH][CH][CH]1.[Fe+2]. The molecule has 5 rings (SSSR count). The van der Waals surface area contributed by atoms with Crippen LogP contribution in [0.5, 0.6) is 0 Å². The number of hydrogen-bond acceptors (Lipinski definition) is 3. The van der Waals surface area contributed by atoms with Gasteiger partial charge < -0.3 is 10.6 Å². The number of halogens is 1. The van der Waals surface area contributed by atoms with Crippen LogP contribution >= 0.6 is 11.6 Å². The average Bonchev–Trinajstić information content (AvgIpc) is 3.52. The molecule has 2 N–H and O–H groups in total. The van der Waals surface area contributed by atoms with Gasteiger partial charge in [-0.3, -0.25) is 9.78 Å². The van der Waals surface area contributed by atoms with Crippen molar-refractivity contribution in [2.75, 3.05) is 10.6 Å². The fraction of sp³-hybridized carbons (Fsp3) is 0. The van der Waals surface area contributed by atoms with E-state index in [-0.39, 0.29) is 23.0 Å². The number of nitrogens with zero attached hydrogens (tertiary/aromatic N) is 1. The minimum absolute atomic E-state index is 0. The third-order valence-corrected chi connectivity index (χ3v) is 4.84. The second-order valence-corrected chi connectivity index (χ2v) is 7.25. The van der Waals surface area contributed by atoms with Gasteiger partial charge in [-0.2, -0.15) is 0 Å². The molecule has 0 spiro atoms. The van der Waals surface area contributed by atoms with Crippen LogP contribution in [0.25, 0.3) is 10.9 Å². The molecule has 10 radical (unpaired) electrons. The predicted molar refractivity (Wildman–Crippen MR) is 127 cm³/mol. The third-order valence-electron chi connectivity index (χ3n) is 4.61. The summed E-state index contributed by atoms with van der Waals surface area (Å²) in [5, 5.41) is 7.91. The molecular weight excluding hydrogens is 462 g/mol. The van der Waals surface area contributed by atoms with Crippen LogP contribution in [0.3, 0.4) is 0 Å². The van der Waals surface area contributed by atoms with Crippen LogP contribution in [0.4, 0.5) is 17.1 Å². The Labute approximate surface area is 206 Å². The van der Waals surface area contributed by atoms with E-state index in [2.05, 4.69) is 15.6 Å². The smallest absolute Gasteiger partial charge is 0.355 e. The predicted octanol–water partition coefficient (Wildman–Crippen LogP) is 5.99. The van der Waals surface area contributed by atoms with Crippen LogP contribution in [-0.4, -0.2) is 10.9 Å². The molecule has 2 fully saturated rings. The van der Waals surface area contributed by atoms with Gasteiger partial charge in [-0.05, 0) is 106 Å². The maximum atomic E-state index is 12.1. The minimum atomic E-state index is -0.118. The Balaban J connectivity index is 0.000000427. The minimum Gasteiger partial charge on any atom is -0.355 e. The molecule has 1 amide bonds. The molecular formula is C26H20ClFeN3O+2. The molecule has 1 aromatic heterocycles. The third kappa shape index (κ3) is 6.71. The maximum absolute atomic E-state index is 12.1. The first-order valence-electron chi connectivity index (χ1n) is 9.80. The fourth-order valence-electron chi connectivity index (χ4n) is 3.07. The summed E-state index contributed by atoms with van der Waals surface area (Å²) in [6, 6.07) is 15.1. The van der Waals surface area contributed by atoms with E-state index in [0.717, 1.165) is 28.0 Å². The van der Waals surface area contributed by atoms with Crippen molar-refractivity contribution >= 4 is 45.5 Å². The zero-order valence-electron chi connectivity index (χ0n) is 17.0. The van der Waals surface area contributed by atoms with Crippen molar-refractivity contribution in [2.24, 2.45) is 0 Å². The fourth-order valence-corrected chi connectivity index (χ4v) is 3.24. The van der Waals surface area contributed by atoms with Crippen molar-refractivity contribution in [3.05, 3.63) is 123 Å². The topological polar surface area (TPSA) is 54.0 Å². The number of aromatic nitrogens is 1. The van der Waals surface area contributed by atoms with Crippen molar-refractivity contribution in [1.82, 2.24) is 4.98 Å². The van der Waals surface area contributed by atoms with E-state index in [1.54, 1.807) is 19.0 Å². The molecule has 3 aromatic rings. The first-order valence-corrected chi connectivity index (χ1v) is 10.2. The van der Waals surface area contributed by atoms with Gasteiger partial charge in [0.2, 0.25) is 5.91 Å². The summed E-state index contributed by atoms with van der Waals surface area (Å²) in [5.41, 5.74) is 3.44. The molecule has 0 bridgehead atoms. The average molecular weight is 482 g/mol. The number of pyridine rings is 1. The van der Waals surface area contributed by atoms with Gasteiger partial charge in [-0.15, -0.1) is 0 Å². The first kappa shape index (κ1) is 24.6. The van der Waals surface area contributed by atoms with E-state index in [1.165, 1.54) is 0 Å². The van der Waals surface area contributed by atoms with Crippen LogP contribution in [0.1, 0.15) is 0 Å². The number of hydrogen-bond donors (Lipinski definition) is 2. The summed E-state index contributed by atoms with van der Waals surface area (Å²) >= 11 is 6.03. The number of carbonyl (C=O) groups is 1. The van der Waals surface area contributed by atoms with Gasteiger partial charge in [-0.25, -0.2) is 0 Å². The molecule has 4 nitrogen and oxygen atoms in total. The van der Waals surface area contributed by atoms with Crippen molar-refractivity contribution in [3.8, 4) is 0 Å². The molecule has 2 aromatic carbocycles. The summed E-state index contributed by atoms with van der Waals surface area (Å²) in [6.07, 6.45) is 19.0. The summed E-state index contributed by atoms with van der Waals surface area (Å²) in [4.78, 5) is 16.4. The van der Waals surface area contributed by atoms with Gasteiger partial charge in [0.15, 0.2) is 0 Å². The van der Waals surface area contributed by atoms with Crippen LogP contribution in [-0.2, 0) is 21.9 Å². The normalized spacial score (nSPS) is 15.5. The molecule has 6 heteroatoms. The number of fused-ring (bicyclic) bond motifs is 1. The Kier molecular flexibility index (Phi) is 9.40. The molecule has 1 heterocycles. The number of amides is 1. The second-order valence-electron chi connectivity index (χ2n) is 6.81. The summed E-state index contributed by atoms with van der Waals surface area (Å²) in [6.45, 7) is 0. The molecule has 2 aliphatic rings. The van der Waals surface area contributed by atoms with Crippen LogP contribution < -0.4 is 10.6 Å². The number of rotatable bonds is 4. The number of benzene rings is 2. The van der Waals surface area contributed by atoms with Gasteiger partial charge in [0.1, 0.15) is 0 Å². The Morgan fingerprint density at radius 2 is 1.41 bits per heavy atom. The van der Waals surface area contributed by atoms with E-state index in [0.29, 0.717) is 10.9 Å². The van der Waals surface area contributed by atoms with Crippen molar-refractivity contribution in [2.45, 2.75) is 0 Å². The quantitative estimate of drug-likeness (QED) is 0.450.